The van der Waals surface area contributed by atoms with E-state index in [0.717, 1.165) is 17.2 Å². The summed E-state index contributed by atoms with van der Waals surface area (Å²) in [6, 6.07) is 15.6. The van der Waals surface area contributed by atoms with Crippen molar-refractivity contribution in [2.75, 3.05) is 11.9 Å². The van der Waals surface area contributed by atoms with Crippen molar-refractivity contribution in [3.8, 4) is 6.07 Å². The summed E-state index contributed by atoms with van der Waals surface area (Å²) in [6.45, 7) is 0. The third-order valence-electron chi connectivity index (χ3n) is 3.13. The summed E-state index contributed by atoms with van der Waals surface area (Å²) in [4.78, 5) is 6.34. The molecule has 0 saturated carbocycles. The molecule has 0 saturated heterocycles. The Bertz CT molecular complexity index is 750. The monoisotopic (exact) mass is 248 g/mol. The molecular formula is C15H12N4. The Morgan fingerprint density at radius 3 is 2.68 bits per heavy atom. The molecule has 0 aliphatic heterocycles. The van der Waals surface area contributed by atoms with Gasteiger partial charge in [0.1, 0.15) is 11.5 Å². The molecule has 2 aromatic heterocycles. The fourth-order valence-corrected chi connectivity index (χ4v) is 2.10. The van der Waals surface area contributed by atoms with Crippen molar-refractivity contribution in [3.05, 3.63) is 60.4 Å². The fraction of sp³-hybridized carbons (Fsp3) is 0.0667. The molecule has 0 amide bonds. The molecule has 0 bridgehead atoms. The van der Waals surface area contributed by atoms with Crippen LogP contribution in [0.2, 0.25) is 0 Å². The zero-order valence-electron chi connectivity index (χ0n) is 10.5. The molecule has 0 aliphatic rings. The van der Waals surface area contributed by atoms with E-state index >= 15 is 0 Å². The first kappa shape index (κ1) is 11.3. The first-order valence-electron chi connectivity index (χ1n) is 5.95. The van der Waals surface area contributed by atoms with E-state index in [9.17, 15) is 0 Å². The van der Waals surface area contributed by atoms with Gasteiger partial charge >= 0.3 is 0 Å². The Balaban J connectivity index is 2.05. The Kier molecular flexibility index (Phi) is 2.66. The van der Waals surface area contributed by atoms with Crippen LogP contribution in [0.4, 0.5) is 11.5 Å². The van der Waals surface area contributed by atoms with Gasteiger partial charge in [-0.1, -0.05) is 6.07 Å². The molecule has 92 valence electrons. The van der Waals surface area contributed by atoms with Crippen LogP contribution in [0, 0.1) is 11.3 Å². The predicted octanol–water partition coefficient (Wildman–Crippen LogP) is 2.97. The van der Waals surface area contributed by atoms with Crippen molar-refractivity contribution in [2.24, 2.45) is 0 Å². The SMILES string of the molecule is CN(c1ccc(C#N)cc1)c1cccc2nccn12. The van der Waals surface area contributed by atoms with E-state index in [-0.39, 0.29) is 0 Å². The van der Waals surface area contributed by atoms with Crippen molar-refractivity contribution in [2.45, 2.75) is 0 Å². The maximum Gasteiger partial charge on any atom is 0.138 e. The van der Waals surface area contributed by atoms with Gasteiger partial charge in [0.05, 0.1) is 11.6 Å². The van der Waals surface area contributed by atoms with Gasteiger partial charge in [0.2, 0.25) is 0 Å². The molecule has 3 aromatic rings. The highest BCUT2D eigenvalue weighted by atomic mass is 15.2. The number of nitrogens with zero attached hydrogens (tertiary/aromatic N) is 4. The number of fused-ring (bicyclic) bond motifs is 1. The first-order chi connectivity index (χ1) is 9.29. The van der Waals surface area contributed by atoms with Gasteiger partial charge in [0.25, 0.3) is 0 Å². The second kappa shape index (κ2) is 4.46. The van der Waals surface area contributed by atoms with Gasteiger partial charge in [-0.15, -0.1) is 0 Å². The molecule has 2 heterocycles. The van der Waals surface area contributed by atoms with Gasteiger partial charge in [-0.25, -0.2) is 4.98 Å². The summed E-state index contributed by atoms with van der Waals surface area (Å²) in [5, 5.41) is 8.82. The van der Waals surface area contributed by atoms with Crippen molar-refractivity contribution in [1.82, 2.24) is 9.38 Å². The Morgan fingerprint density at radius 1 is 1.16 bits per heavy atom. The number of rotatable bonds is 2. The number of imidazole rings is 1. The molecule has 4 nitrogen and oxygen atoms in total. The minimum atomic E-state index is 0.665. The summed E-state index contributed by atoms with van der Waals surface area (Å²) in [7, 11) is 2.00. The van der Waals surface area contributed by atoms with Crippen molar-refractivity contribution in [3.63, 3.8) is 0 Å². The van der Waals surface area contributed by atoms with E-state index in [2.05, 4.69) is 16.0 Å². The lowest BCUT2D eigenvalue weighted by Crippen LogP contribution is -2.12. The third-order valence-corrected chi connectivity index (χ3v) is 3.13. The van der Waals surface area contributed by atoms with E-state index in [1.165, 1.54) is 0 Å². The highest BCUT2D eigenvalue weighted by Gasteiger charge is 2.07. The highest BCUT2D eigenvalue weighted by Crippen LogP contribution is 2.24. The molecule has 1 aromatic carbocycles. The molecule has 0 spiro atoms. The van der Waals surface area contributed by atoms with E-state index < -0.39 is 0 Å². The predicted molar refractivity (Wildman–Crippen MR) is 74.4 cm³/mol. The first-order valence-corrected chi connectivity index (χ1v) is 5.95. The summed E-state index contributed by atoms with van der Waals surface area (Å²) >= 11 is 0. The quantitative estimate of drug-likeness (QED) is 0.700. The smallest absolute Gasteiger partial charge is 0.138 e. The summed E-state index contributed by atoms with van der Waals surface area (Å²) in [5.74, 6) is 1.03. The highest BCUT2D eigenvalue weighted by molar-refractivity contribution is 5.63. The Morgan fingerprint density at radius 2 is 1.95 bits per heavy atom. The standard InChI is InChI=1S/C15H12N4/c1-18(13-7-5-12(11-16)6-8-13)15-4-2-3-14-17-9-10-19(14)15/h2-10H,1H3. The largest absolute Gasteiger partial charge is 0.331 e. The third kappa shape index (κ3) is 1.91. The number of pyridine rings is 1. The number of benzene rings is 1. The second-order valence-corrected chi connectivity index (χ2v) is 4.26. The van der Waals surface area contributed by atoms with Crippen LogP contribution in [-0.2, 0) is 0 Å². The molecule has 0 atom stereocenters. The zero-order valence-corrected chi connectivity index (χ0v) is 10.5. The van der Waals surface area contributed by atoms with E-state index in [0.29, 0.717) is 5.56 Å². The van der Waals surface area contributed by atoms with Crippen LogP contribution in [0.5, 0.6) is 0 Å². The van der Waals surface area contributed by atoms with E-state index in [1.54, 1.807) is 6.20 Å². The second-order valence-electron chi connectivity index (χ2n) is 4.26. The van der Waals surface area contributed by atoms with Crippen molar-refractivity contribution in [1.29, 1.82) is 5.26 Å². The minimum Gasteiger partial charge on any atom is -0.331 e. The zero-order chi connectivity index (χ0) is 13.2. The van der Waals surface area contributed by atoms with Gasteiger partial charge in [-0.2, -0.15) is 5.26 Å². The van der Waals surface area contributed by atoms with Gasteiger partial charge in [0, 0.05) is 25.1 Å². The molecular weight excluding hydrogens is 236 g/mol. The number of aromatic nitrogens is 2. The molecule has 3 rings (SSSR count). The molecule has 19 heavy (non-hydrogen) atoms. The van der Waals surface area contributed by atoms with Crippen LogP contribution >= 0.6 is 0 Å². The van der Waals surface area contributed by atoms with E-state index in [1.807, 2.05) is 60.1 Å². The number of anilines is 2. The summed E-state index contributed by atoms with van der Waals surface area (Å²) in [6.07, 6.45) is 3.72. The molecule has 4 heteroatoms. The van der Waals surface area contributed by atoms with Crippen LogP contribution in [0.3, 0.4) is 0 Å². The van der Waals surface area contributed by atoms with Gasteiger partial charge in [-0.3, -0.25) is 4.40 Å². The average molecular weight is 248 g/mol. The van der Waals surface area contributed by atoms with Gasteiger partial charge in [0.15, 0.2) is 0 Å². The molecule has 0 unspecified atom stereocenters. The molecule has 0 fully saturated rings. The normalized spacial score (nSPS) is 10.3. The lowest BCUT2D eigenvalue weighted by Gasteiger charge is -2.20. The lowest BCUT2D eigenvalue weighted by molar-refractivity contribution is 1.07. The van der Waals surface area contributed by atoms with Crippen molar-refractivity contribution >= 4 is 17.2 Å². The summed E-state index contributed by atoms with van der Waals surface area (Å²) in [5.41, 5.74) is 2.61. The van der Waals surface area contributed by atoms with E-state index in [4.69, 9.17) is 5.26 Å². The van der Waals surface area contributed by atoms with Crippen molar-refractivity contribution < 1.29 is 0 Å². The van der Waals surface area contributed by atoms with Crippen LogP contribution < -0.4 is 4.90 Å². The fourth-order valence-electron chi connectivity index (χ4n) is 2.10. The number of hydrogen-bond donors (Lipinski definition) is 0. The summed E-state index contributed by atoms with van der Waals surface area (Å²) < 4.78 is 2.03. The van der Waals surface area contributed by atoms with Crippen LogP contribution in [0.1, 0.15) is 5.56 Å². The lowest BCUT2D eigenvalue weighted by atomic mass is 10.2. The minimum absolute atomic E-state index is 0.665. The number of nitriles is 1. The Labute approximate surface area is 111 Å². The average Bonchev–Trinajstić information content (AvgIpc) is 2.95. The Hall–Kier alpha value is -2.80. The molecule has 0 radical (unpaired) electrons. The topological polar surface area (TPSA) is 44.3 Å². The molecule has 0 N–H and O–H groups in total. The van der Waals surface area contributed by atoms with Crippen LogP contribution in [0.25, 0.3) is 5.65 Å². The van der Waals surface area contributed by atoms with Crippen LogP contribution in [0.15, 0.2) is 54.9 Å². The molecule has 0 aliphatic carbocycles. The van der Waals surface area contributed by atoms with Crippen LogP contribution in [-0.4, -0.2) is 16.4 Å². The maximum atomic E-state index is 8.82. The maximum absolute atomic E-state index is 8.82. The van der Waals surface area contributed by atoms with Gasteiger partial charge in [-0.05, 0) is 36.4 Å². The number of hydrogen-bond acceptors (Lipinski definition) is 3. The van der Waals surface area contributed by atoms with Gasteiger partial charge < -0.3 is 4.90 Å².